The first-order valence-corrected chi connectivity index (χ1v) is 13.4. The zero-order valence-electron chi connectivity index (χ0n) is 21.8. The third-order valence-corrected chi connectivity index (χ3v) is 7.27. The van der Waals surface area contributed by atoms with Crippen LogP contribution in [-0.2, 0) is 30.3 Å². The summed E-state index contributed by atoms with van der Waals surface area (Å²) in [6.07, 6.45) is 3.56. The molecule has 1 aromatic carbocycles. The zero-order chi connectivity index (χ0) is 26.9. The molecule has 2 unspecified atom stereocenters. The van der Waals surface area contributed by atoms with Gasteiger partial charge in [-0.2, -0.15) is 0 Å². The predicted molar refractivity (Wildman–Crippen MR) is 139 cm³/mol. The van der Waals surface area contributed by atoms with Crippen LogP contribution in [0.5, 0.6) is 0 Å². The molecule has 1 saturated carbocycles. The first-order chi connectivity index (χ1) is 17.7. The van der Waals surface area contributed by atoms with Gasteiger partial charge in [0.1, 0.15) is 18.2 Å². The van der Waals surface area contributed by atoms with Crippen LogP contribution in [0.4, 0.5) is 4.79 Å². The van der Waals surface area contributed by atoms with Crippen LogP contribution in [0.25, 0.3) is 0 Å². The topological polar surface area (TPSA) is 123 Å². The van der Waals surface area contributed by atoms with Gasteiger partial charge >= 0.3 is 12.1 Å². The second-order valence-electron chi connectivity index (χ2n) is 10.4. The number of amides is 3. The zero-order valence-corrected chi connectivity index (χ0v) is 22.5. The summed E-state index contributed by atoms with van der Waals surface area (Å²) in [5.41, 5.74) is 1.09. The van der Waals surface area contributed by atoms with Crippen LogP contribution in [0, 0.1) is 17.8 Å². The fourth-order valence-corrected chi connectivity index (χ4v) is 5.37. The summed E-state index contributed by atoms with van der Waals surface area (Å²) in [7, 11) is 1.23. The second kappa shape index (κ2) is 13.7. The summed E-state index contributed by atoms with van der Waals surface area (Å²) in [5.74, 6) is -1.41. The van der Waals surface area contributed by atoms with Gasteiger partial charge in [-0.3, -0.25) is 9.59 Å². The van der Waals surface area contributed by atoms with Gasteiger partial charge in [-0.1, -0.05) is 37.6 Å². The van der Waals surface area contributed by atoms with E-state index in [1.165, 1.54) is 7.11 Å². The molecule has 0 spiro atoms. The van der Waals surface area contributed by atoms with Crippen LogP contribution in [0.1, 0.15) is 57.9 Å². The van der Waals surface area contributed by atoms with E-state index in [0.717, 1.165) is 31.2 Å². The molecule has 0 bridgehead atoms. The van der Waals surface area contributed by atoms with Crippen molar-refractivity contribution in [2.24, 2.45) is 17.8 Å². The van der Waals surface area contributed by atoms with Crippen molar-refractivity contribution in [3.63, 3.8) is 0 Å². The Morgan fingerprint density at radius 1 is 1.14 bits per heavy atom. The lowest BCUT2D eigenvalue weighted by atomic mass is 9.96. The number of alkyl carbamates (subject to hydrolysis) is 1. The molecule has 3 rings (SSSR count). The van der Waals surface area contributed by atoms with Crippen molar-refractivity contribution in [3.05, 3.63) is 34.9 Å². The van der Waals surface area contributed by atoms with Crippen LogP contribution in [0.3, 0.4) is 0 Å². The first kappa shape index (κ1) is 28.8. The number of nitrogens with one attached hydrogen (secondary N) is 3. The Labute approximate surface area is 223 Å². The molecule has 2 fully saturated rings. The Bertz CT molecular complexity index is 971. The van der Waals surface area contributed by atoms with Gasteiger partial charge in [0.25, 0.3) is 0 Å². The Balaban J connectivity index is 1.61. The molecule has 0 aromatic heterocycles. The van der Waals surface area contributed by atoms with Gasteiger partial charge < -0.3 is 25.4 Å². The van der Waals surface area contributed by atoms with Crippen LogP contribution in [-0.4, -0.2) is 55.7 Å². The number of carbonyl (C=O) groups excluding carboxylic acids is 4. The van der Waals surface area contributed by atoms with E-state index in [0.29, 0.717) is 24.4 Å². The third kappa shape index (κ3) is 8.62. The lowest BCUT2D eigenvalue weighted by molar-refractivity contribution is -0.146. The van der Waals surface area contributed by atoms with Crippen molar-refractivity contribution >= 4 is 35.5 Å². The third-order valence-electron chi connectivity index (χ3n) is 7.04. The molecule has 2 aliphatic rings. The van der Waals surface area contributed by atoms with Crippen molar-refractivity contribution in [1.29, 1.82) is 0 Å². The molecule has 5 atom stereocenters. The van der Waals surface area contributed by atoms with Crippen molar-refractivity contribution in [2.75, 3.05) is 13.7 Å². The summed E-state index contributed by atoms with van der Waals surface area (Å²) in [5, 5.41) is 8.80. The summed E-state index contributed by atoms with van der Waals surface area (Å²) < 4.78 is 10.6. The van der Waals surface area contributed by atoms with Crippen LogP contribution in [0.2, 0.25) is 5.02 Å². The molecule has 1 heterocycles. The molecule has 0 radical (unpaired) electrons. The van der Waals surface area contributed by atoms with Gasteiger partial charge in [-0.25, -0.2) is 9.59 Å². The Morgan fingerprint density at radius 2 is 1.92 bits per heavy atom. The number of benzene rings is 1. The molecule has 204 valence electrons. The number of methoxy groups -OCH3 is 1. The Hall–Kier alpha value is -2.81. The van der Waals surface area contributed by atoms with E-state index in [1.807, 2.05) is 38.1 Å². The first-order valence-electron chi connectivity index (χ1n) is 13.0. The molecule has 1 aliphatic heterocycles. The molecular formula is C27H38ClN3O6. The van der Waals surface area contributed by atoms with Crippen LogP contribution < -0.4 is 16.0 Å². The fraction of sp³-hybridized carbons (Fsp3) is 0.630. The highest BCUT2D eigenvalue weighted by molar-refractivity contribution is 6.30. The van der Waals surface area contributed by atoms with Crippen LogP contribution >= 0.6 is 11.6 Å². The standard InChI is InChI=1S/C27H38ClN3O6/c1-16(2)12-21(25(33)30-22(26(34)36-3)15-19-10-11-29-24(19)32)31-27(35)37-23-9-5-7-18(23)13-17-6-4-8-20(28)14-17/h4,6,8,14,16,18-19,21-23H,5,7,9-13,15H2,1-3H3,(H,29,32)(H,30,33)(H,31,35)/t18?,19-,21-,22-,23?/m0/s1. The van der Waals surface area contributed by atoms with E-state index in [9.17, 15) is 19.2 Å². The van der Waals surface area contributed by atoms with E-state index in [4.69, 9.17) is 21.1 Å². The number of ether oxygens (including phenoxy) is 2. The number of hydrogen-bond acceptors (Lipinski definition) is 6. The lowest BCUT2D eigenvalue weighted by Crippen LogP contribution is -2.53. The van der Waals surface area contributed by atoms with Gasteiger partial charge in [0.2, 0.25) is 11.8 Å². The summed E-state index contributed by atoms with van der Waals surface area (Å²) in [6.45, 7) is 4.41. The van der Waals surface area contributed by atoms with E-state index in [-0.39, 0.29) is 36.2 Å². The fourth-order valence-electron chi connectivity index (χ4n) is 5.16. The quantitative estimate of drug-likeness (QED) is 0.373. The molecule has 10 heteroatoms. The highest BCUT2D eigenvalue weighted by Crippen LogP contribution is 2.32. The molecule has 3 amide bonds. The minimum Gasteiger partial charge on any atom is -0.467 e. The summed E-state index contributed by atoms with van der Waals surface area (Å²) in [4.78, 5) is 50.4. The molecule has 9 nitrogen and oxygen atoms in total. The van der Waals surface area contributed by atoms with E-state index < -0.39 is 30.1 Å². The van der Waals surface area contributed by atoms with Crippen LogP contribution in [0.15, 0.2) is 24.3 Å². The second-order valence-corrected chi connectivity index (χ2v) is 10.8. The number of esters is 1. The maximum atomic E-state index is 13.2. The summed E-state index contributed by atoms with van der Waals surface area (Å²) in [6, 6.07) is 5.78. The molecule has 1 aliphatic carbocycles. The minimum absolute atomic E-state index is 0.0929. The predicted octanol–water partition coefficient (Wildman–Crippen LogP) is 3.38. The highest BCUT2D eigenvalue weighted by Gasteiger charge is 2.35. The van der Waals surface area contributed by atoms with Crippen molar-refractivity contribution in [3.8, 4) is 0 Å². The van der Waals surface area contributed by atoms with Gasteiger partial charge in [0.15, 0.2) is 0 Å². The number of hydrogen-bond donors (Lipinski definition) is 3. The average molecular weight is 536 g/mol. The largest absolute Gasteiger partial charge is 0.467 e. The highest BCUT2D eigenvalue weighted by atomic mass is 35.5. The van der Waals surface area contributed by atoms with E-state index in [2.05, 4.69) is 16.0 Å². The SMILES string of the molecule is COC(=O)[C@H](C[C@@H]1CCNC1=O)NC(=O)[C@H](CC(C)C)NC(=O)OC1CCCC1Cc1cccc(Cl)c1. The maximum Gasteiger partial charge on any atom is 0.408 e. The molecular weight excluding hydrogens is 498 g/mol. The number of carbonyl (C=O) groups is 4. The minimum atomic E-state index is -0.990. The van der Waals surface area contributed by atoms with Gasteiger partial charge in [-0.05, 0) is 68.6 Å². The van der Waals surface area contributed by atoms with Crippen molar-refractivity contribution < 1.29 is 28.7 Å². The molecule has 3 N–H and O–H groups in total. The molecule has 1 aromatic rings. The normalized spacial score (nSPS) is 22.7. The van der Waals surface area contributed by atoms with Gasteiger partial charge in [0, 0.05) is 23.4 Å². The Morgan fingerprint density at radius 3 is 2.57 bits per heavy atom. The van der Waals surface area contributed by atoms with Crippen molar-refractivity contribution in [1.82, 2.24) is 16.0 Å². The molecule has 37 heavy (non-hydrogen) atoms. The molecule has 1 saturated heterocycles. The monoisotopic (exact) mass is 535 g/mol. The van der Waals surface area contributed by atoms with Gasteiger partial charge in [0.05, 0.1) is 7.11 Å². The van der Waals surface area contributed by atoms with Gasteiger partial charge in [-0.15, -0.1) is 0 Å². The summed E-state index contributed by atoms with van der Waals surface area (Å²) >= 11 is 6.12. The Kier molecular flexibility index (Phi) is 10.6. The van der Waals surface area contributed by atoms with E-state index in [1.54, 1.807) is 0 Å². The lowest BCUT2D eigenvalue weighted by Gasteiger charge is -2.26. The van der Waals surface area contributed by atoms with E-state index >= 15 is 0 Å². The number of halogens is 1. The smallest absolute Gasteiger partial charge is 0.408 e. The van der Waals surface area contributed by atoms with Crippen molar-refractivity contribution in [2.45, 2.75) is 77.0 Å². The average Bonchev–Trinajstić information content (AvgIpc) is 3.45. The maximum absolute atomic E-state index is 13.2. The number of rotatable bonds is 11.